The van der Waals surface area contributed by atoms with Crippen LogP contribution in [0.2, 0.25) is 0 Å². The molecule has 0 saturated heterocycles. The van der Waals surface area contributed by atoms with Gasteiger partial charge in [-0.1, -0.05) is 18.2 Å². The lowest BCUT2D eigenvalue weighted by atomic mass is 9.84. The molecule has 5 heteroatoms. The second-order valence-electron chi connectivity index (χ2n) is 6.34. The average molecular weight is 325 g/mol. The van der Waals surface area contributed by atoms with Crippen molar-refractivity contribution in [1.29, 1.82) is 0 Å². The van der Waals surface area contributed by atoms with Crippen molar-refractivity contribution in [3.8, 4) is 5.75 Å². The van der Waals surface area contributed by atoms with Gasteiger partial charge in [0.05, 0.1) is 12.5 Å². The first-order valence-electron chi connectivity index (χ1n) is 7.88. The number of hydrogen-bond acceptors (Lipinski definition) is 3. The lowest BCUT2D eigenvalue weighted by Crippen LogP contribution is -2.46. The molecular weight excluding hydrogens is 300 g/mol. The van der Waals surface area contributed by atoms with Gasteiger partial charge in [-0.2, -0.15) is 0 Å². The average Bonchev–Trinajstić information content (AvgIpc) is 3.06. The molecule has 2 saturated carbocycles. The van der Waals surface area contributed by atoms with Crippen molar-refractivity contribution in [2.45, 2.75) is 32.2 Å². The highest BCUT2D eigenvalue weighted by molar-refractivity contribution is 5.85. The van der Waals surface area contributed by atoms with Crippen molar-refractivity contribution in [2.75, 3.05) is 13.2 Å². The molecule has 0 aliphatic heterocycles. The van der Waals surface area contributed by atoms with Crippen molar-refractivity contribution >= 4 is 18.3 Å². The van der Waals surface area contributed by atoms with Crippen molar-refractivity contribution in [2.24, 2.45) is 23.5 Å². The standard InChI is InChI=1S/C17H24N2O2.ClH/c1-11-4-2-3-5-14(11)21-9-8-19-17(20)15-12-6-7-13(10-12)16(15)18;/h2-5,12-13,15-16H,6-10,18H2,1H3,(H,19,20);1H. The van der Waals surface area contributed by atoms with Gasteiger partial charge in [0.1, 0.15) is 12.4 Å². The van der Waals surface area contributed by atoms with Crippen LogP contribution < -0.4 is 15.8 Å². The van der Waals surface area contributed by atoms with Gasteiger partial charge >= 0.3 is 0 Å². The first-order valence-corrected chi connectivity index (χ1v) is 7.88. The third-order valence-corrected chi connectivity index (χ3v) is 5.04. The van der Waals surface area contributed by atoms with Crippen LogP contribution in [0.1, 0.15) is 24.8 Å². The van der Waals surface area contributed by atoms with Gasteiger partial charge in [0.25, 0.3) is 0 Å². The quantitative estimate of drug-likeness (QED) is 0.817. The number of carbonyl (C=O) groups excluding carboxylic acids is 1. The van der Waals surface area contributed by atoms with Gasteiger partial charge in [-0.05, 0) is 49.7 Å². The summed E-state index contributed by atoms with van der Waals surface area (Å²) < 4.78 is 5.69. The van der Waals surface area contributed by atoms with E-state index in [-0.39, 0.29) is 30.3 Å². The molecule has 2 bridgehead atoms. The highest BCUT2D eigenvalue weighted by Crippen LogP contribution is 2.47. The van der Waals surface area contributed by atoms with Gasteiger partial charge in [0, 0.05) is 6.04 Å². The molecule has 4 nitrogen and oxygen atoms in total. The van der Waals surface area contributed by atoms with E-state index in [9.17, 15) is 4.79 Å². The fourth-order valence-corrected chi connectivity index (χ4v) is 3.90. The van der Waals surface area contributed by atoms with Crippen LogP contribution in [0.5, 0.6) is 5.75 Å². The number of carbonyl (C=O) groups is 1. The molecule has 0 heterocycles. The molecule has 1 amide bonds. The minimum atomic E-state index is 0. The van der Waals surface area contributed by atoms with E-state index in [0.717, 1.165) is 24.2 Å². The van der Waals surface area contributed by atoms with E-state index in [4.69, 9.17) is 10.5 Å². The van der Waals surface area contributed by atoms with Gasteiger partial charge < -0.3 is 15.8 Å². The molecule has 3 rings (SSSR count). The minimum Gasteiger partial charge on any atom is -0.491 e. The molecule has 0 radical (unpaired) electrons. The summed E-state index contributed by atoms with van der Waals surface area (Å²) in [7, 11) is 0. The smallest absolute Gasteiger partial charge is 0.225 e. The molecular formula is C17H25ClN2O2. The lowest BCUT2D eigenvalue weighted by Gasteiger charge is -2.27. The number of ether oxygens (including phenoxy) is 1. The fourth-order valence-electron chi connectivity index (χ4n) is 3.90. The molecule has 2 aliphatic rings. The Balaban J connectivity index is 0.00000176. The van der Waals surface area contributed by atoms with E-state index in [1.807, 2.05) is 31.2 Å². The molecule has 2 fully saturated rings. The predicted octanol–water partition coefficient (Wildman–Crippen LogP) is 2.29. The lowest BCUT2D eigenvalue weighted by molar-refractivity contribution is -0.127. The number of amides is 1. The zero-order valence-corrected chi connectivity index (χ0v) is 13.8. The molecule has 3 N–H and O–H groups in total. The third-order valence-electron chi connectivity index (χ3n) is 5.04. The largest absolute Gasteiger partial charge is 0.491 e. The summed E-state index contributed by atoms with van der Waals surface area (Å²) in [6.45, 7) is 3.04. The molecule has 1 aromatic rings. The molecule has 1 aromatic carbocycles. The zero-order valence-electron chi connectivity index (χ0n) is 13.0. The Morgan fingerprint density at radius 1 is 1.32 bits per heavy atom. The van der Waals surface area contributed by atoms with E-state index in [1.54, 1.807) is 0 Å². The number of hydrogen-bond donors (Lipinski definition) is 2. The maximum Gasteiger partial charge on any atom is 0.225 e. The summed E-state index contributed by atoms with van der Waals surface area (Å²) in [5.74, 6) is 2.07. The predicted molar refractivity (Wildman–Crippen MR) is 89.2 cm³/mol. The summed E-state index contributed by atoms with van der Waals surface area (Å²) in [5, 5.41) is 2.99. The van der Waals surface area contributed by atoms with E-state index >= 15 is 0 Å². The molecule has 0 aromatic heterocycles. The second-order valence-corrected chi connectivity index (χ2v) is 6.34. The topological polar surface area (TPSA) is 64.3 Å². The van der Waals surface area contributed by atoms with E-state index in [2.05, 4.69) is 5.32 Å². The van der Waals surface area contributed by atoms with Gasteiger partial charge in [-0.3, -0.25) is 4.79 Å². The molecule has 4 unspecified atom stereocenters. The number of nitrogens with one attached hydrogen (secondary N) is 1. The number of benzene rings is 1. The second kappa shape index (κ2) is 7.34. The SMILES string of the molecule is Cc1ccccc1OCCNC(=O)C1C2CCC(C2)C1N.Cl. The van der Waals surface area contributed by atoms with Gasteiger partial charge in [0.15, 0.2) is 0 Å². The maximum absolute atomic E-state index is 12.3. The maximum atomic E-state index is 12.3. The molecule has 22 heavy (non-hydrogen) atoms. The first-order chi connectivity index (χ1) is 10.2. The third kappa shape index (κ3) is 3.39. The van der Waals surface area contributed by atoms with Crippen LogP contribution in [0.3, 0.4) is 0 Å². The number of nitrogens with two attached hydrogens (primary N) is 1. The van der Waals surface area contributed by atoms with Crippen molar-refractivity contribution in [3.63, 3.8) is 0 Å². The highest BCUT2D eigenvalue weighted by Gasteiger charge is 2.48. The van der Waals surface area contributed by atoms with Gasteiger partial charge in [0.2, 0.25) is 5.91 Å². The summed E-state index contributed by atoms with van der Waals surface area (Å²) in [6, 6.07) is 7.96. The number of halogens is 1. The van der Waals surface area contributed by atoms with Crippen molar-refractivity contribution < 1.29 is 9.53 Å². The molecule has 0 spiro atoms. The van der Waals surface area contributed by atoms with E-state index in [0.29, 0.717) is 25.0 Å². The monoisotopic (exact) mass is 324 g/mol. The van der Waals surface area contributed by atoms with E-state index < -0.39 is 0 Å². The Labute approximate surface area is 138 Å². The minimum absolute atomic E-state index is 0. The fraction of sp³-hybridized carbons (Fsp3) is 0.588. The summed E-state index contributed by atoms with van der Waals surface area (Å²) in [6.07, 6.45) is 3.50. The van der Waals surface area contributed by atoms with Crippen LogP contribution in [-0.4, -0.2) is 25.1 Å². The normalized spacial score (nSPS) is 29.0. The molecule has 122 valence electrons. The van der Waals surface area contributed by atoms with Crippen LogP contribution >= 0.6 is 12.4 Å². The summed E-state index contributed by atoms with van der Waals surface area (Å²) in [5.41, 5.74) is 7.30. The van der Waals surface area contributed by atoms with Crippen LogP contribution in [-0.2, 0) is 4.79 Å². The van der Waals surface area contributed by atoms with Crippen LogP contribution in [0.15, 0.2) is 24.3 Å². The summed E-state index contributed by atoms with van der Waals surface area (Å²) >= 11 is 0. The van der Waals surface area contributed by atoms with Gasteiger partial charge in [-0.15, -0.1) is 12.4 Å². The summed E-state index contributed by atoms with van der Waals surface area (Å²) in [4.78, 5) is 12.3. The van der Waals surface area contributed by atoms with Gasteiger partial charge in [-0.25, -0.2) is 0 Å². The van der Waals surface area contributed by atoms with Crippen LogP contribution in [0.25, 0.3) is 0 Å². The first kappa shape index (κ1) is 17.1. The number of para-hydroxylation sites is 1. The van der Waals surface area contributed by atoms with Crippen LogP contribution in [0.4, 0.5) is 0 Å². The number of aryl methyl sites for hydroxylation is 1. The number of fused-ring (bicyclic) bond motifs is 2. The van der Waals surface area contributed by atoms with Crippen molar-refractivity contribution in [3.05, 3.63) is 29.8 Å². The molecule has 4 atom stereocenters. The highest BCUT2D eigenvalue weighted by atomic mass is 35.5. The Hall–Kier alpha value is -1.26. The molecule has 2 aliphatic carbocycles. The Bertz CT molecular complexity index is 521. The van der Waals surface area contributed by atoms with Crippen molar-refractivity contribution in [1.82, 2.24) is 5.32 Å². The Morgan fingerprint density at radius 3 is 2.73 bits per heavy atom. The number of rotatable bonds is 5. The Kier molecular flexibility index (Phi) is 5.70. The zero-order chi connectivity index (χ0) is 14.8. The Morgan fingerprint density at radius 2 is 2.05 bits per heavy atom. The van der Waals surface area contributed by atoms with E-state index in [1.165, 1.54) is 6.42 Å². The van der Waals surface area contributed by atoms with Crippen LogP contribution in [0, 0.1) is 24.7 Å².